The number of likely N-dealkylation sites (tertiary alicyclic amines) is 1. The molecule has 1 heterocycles. The van der Waals surface area contributed by atoms with Gasteiger partial charge in [-0.2, -0.15) is 13.2 Å². The van der Waals surface area contributed by atoms with Gasteiger partial charge in [0, 0.05) is 24.1 Å². The number of amides is 2. The average Bonchev–Trinajstić information content (AvgIpc) is 2.52. The van der Waals surface area contributed by atoms with E-state index in [4.69, 9.17) is 5.73 Å². The van der Waals surface area contributed by atoms with Gasteiger partial charge in [0.25, 0.3) is 0 Å². The molecule has 24 heavy (non-hydrogen) atoms. The normalized spacial score (nSPS) is 18.8. The van der Waals surface area contributed by atoms with Crippen LogP contribution in [0, 0.1) is 5.92 Å². The smallest absolute Gasteiger partial charge is 0.369 e. The van der Waals surface area contributed by atoms with E-state index in [1.165, 1.54) is 36.4 Å². The van der Waals surface area contributed by atoms with Crippen LogP contribution in [-0.2, 0) is 9.59 Å². The predicted molar refractivity (Wildman–Crippen MR) is 85.9 cm³/mol. The van der Waals surface area contributed by atoms with Gasteiger partial charge < -0.3 is 10.6 Å². The van der Waals surface area contributed by atoms with Crippen LogP contribution in [0.1, 0.15) is 18.4 Å². The number of alkyl halides is 3. The van der Waals surface area contributed by atoms with Gasteiger partial charge in [-0.1, -0.05) is 12.1 Å². The Kier molecular flexibility index (Phi) is 5.93. The second-order valence-corrected chi connectivity index (χ2v) is 6.61. The number of benzene rings is 1. The molecule has 2 rings (SSSR count). The average molecular weight is 358 g/mol. The molecule has 1 saturated heterocycles. The molecule has 0 bridgehead atoms. The Bertz CT molecular complexity index is 629. The van der Waals surface area contributed by atoms with Crippen LogP contribution in [0.15, 0.2) is 35.2 Å². The Hall–Kier alpha value is -1.96. The molecule has 0 radical (unpaired) electrons. The van der Waals surface area contributed by atoms with Crippen molar-refractivity contribution in [1.82, 2.24) is 4.90 Å². The number of halogens is 3. The molecule has 1 fully saturated rings. The fraction of sp³-hybridized carbons (Fsp3) is 0.375. The Morgan fingerprint density at radius 1 is 1.25 bits per heavy atom. The molecule has 0 spiro atoms. The van der Waals surface area contributed by atoms with Crippen LogP contribution in [0.5, 0.6) is 0 Å². The molecule has 0 aromatic heterocycles. The number of hydrogen-bond donors (Lipinski definition) is 1. The quantitative estimate of drug-likeness (QED) is 0.665. The Labute approximate surface area is 141 Å². The van der Waals surface area contributed by atoms with E-state index < -0.39 is 11.4 Å². The zero-order chi connectivity index (χ0) is 17.7. The van der Waals surface area contributed by atoms with Crippen molar-refractivity contribution < 1.29 is 22.8 Å². The summed E-state index contributed by atoms with van der Waals surface area (Å²) in [7, 11) is 0. The zero-order valence-corrected chi connectivity index (χ0v) is 13.6. The molecule has 1 aliphatic heterocycles. The standard InChI is InChI=1S/C16H17F3N2O2S/c17-16(18,19)24-13-6-3-11(4-7-13)5-8-14(22)21-9-1-2-12(10-21)15(20)23/h3-8,12H,1-2,9-10H2,(H2,20,23)/b8-5+. The maximum atomic E-state index is 12.3. The monoisotopic (exact) mass is 358 g/mol. The number of piperidine rings is 1. The number of carbonyl (C=O) groups excluding carboxylic acids is 2. The van der Waals surface area contributed by atoms with Gasteiger partial charge >= 0.3 is 5.51 Å². The Morgan fingerprint density at radius 3 is 2.50 bits per heavy atom. The van der Waals surface area contributed by atoms with Crippen molar-refractivity contribution in [3.63, 3.8) is 0 Å². The SMILES string of the molecule is NC(=O)C1CCCN(C(=O)/C=C/c2ccc(SC(F)(F)F)cc2)C1. The van der Waals surface area contributed by atoms with Crippen molar-refractivity contribution in [2.45, 2.75) is 23.2 Å². The summed E-state index contributed by atoms with van der Waals surface area (Å²) in [6.07, 6.45) is 4.30. The summed E-state index contributed by atoms with van der Waals surface area (Å²) in [6.45, 7) is 0.869. The van der Waals surface area contributed by atoms with Gasteiger partial charge in [-0.15, -0.1) is 0 Å². The molecule has 0 aliphatic carbocycles. The van der Waals surface area contributed by atoms with Crippen molar-refractivity contribution >= 4 is 29.7 Å². The Morgan fingerprint density at radius 2 is 1.92 bits per heavy atom. The maximum Gasteiger partial charge on any atom is 0.446 e. The first-order valence-corrected chi connectivity index (χ1v) is 8.18. The largest absolute Gasteiger partial charge is 0.446 e. The summed E-state index contributed by atoms with van der Waals surface area (Å²) in [4.78, 5) is 25.0. The summed E-state index contributed by atoms with van der Waals surface area (Å²) in [5.74, 6) is -0.973. The van der Waals surface area contributed by atoms with Crippen LogP contribution in [-0.4, -0.2) is 35.3 Å². The second kappa shape index (κ2) is 7.74. The summed E-state index contributed by atoms with van der Waals surface area (Å²) in [6, 6.07) is 5.74. The minimum absolute atomic E-state index is 0.0892. The molecule has 1 atom stereocenters. The minimum atomic E-state index is -4.32. The summed E-state index contributed by atoms with van der Waals surface area (Å²) in [5.41, 5.74) is 1.58. The first-order chi connectivity index (χ1) is 11.2. The van der Waals surface area contributed by atoms with E-state index in [0.29, 0.717) is 25.1 Å². The number of primary amides is 1. The van der Waals surface area contributed by atoms with Crippen molar-refractivity contribution in [1.29, 1.82) is 0 Å². The first kappa shape index (κ1) is 18.4. The highest BCUT2D eigenvalue weighted by molar-refractivity contribution is 8.00. The third-order valence-electron chi connectivity index (χ3n) is 3.67. The second-order valence-electron chi connectivity index (χ2n) is 5.48. The number of nitrogens with zero attached hydrogens (tertiary/aromatic N) is 1. The molecule has 1 aliphatic rings. The van der Waals surface area contributed by atoms with Gasteiger partial charge in [0.2, 0.25) is 11.8 Å². The third kappa shape index (κ3) is 5.59. The lowest BCUT2D eigenvalue weighted by Crippen LogP contribution is -2.43. The maximum absolute atomic E-state index is 12.3. The molecule has 2 amide bonds. The highest BCUT2D eigenvalue weighted by atomic mass is 32.2. The van der Waals surface area contributed by atoms with Crippen LogP contribution >= 0.6 is 11.8 Å². The zero-order valence-electron chi connectivity index (χ0n) is 12.8. The van der Waals surface area contributed by atoms with Crippen molar-refractivity contribution in [2.75, 3.05) is 13.1 Å². The number of nitrogens with two attached hydrogens (primary N) is 1. The van der Waals surface area contributed by atoms with Gasteiger partial charge in [0.15, 0.2) is 0 Å². The van der Waals surface area contributed by atoms with Crippen LogP contribution < -0.4 is 5.73 Å². The van der Waals surface area contributed by atoms with E-state index in [1.54, 1.807) is 4.90 Å². The highest BCUT2D eigenvalue weighted by Crippen LogP contribution is 2.36. The van der Waals surface area contributed by atoms with Gasteiger partial charge in [-0.05, 0) is 48.4 Å². The fourth-order valence-electron chi connectivity index (χ4n) is 2.46. The summed E-state index contributed by atoms with van der Waals surface area (Å²) in [5, 5.41) is 0. The van der Waals surface area contributed by atoms with E-state index in [2.05, 4.69) is 0 Å². The molecule has 8 heteroatoms. The van der Waals surface area contributed by atoms with Gasteiger partial charge in [-0.3, -0.25) is 9.59 Å². The molecule has 1 unspecified atom stereocenters. The summed E-state index contributed by atoms with van der Waals surface area (Å²) < 4.78 is 36.8. The third-order valence-corrected chi connectivity index (χ3v) is 4.41. The molecule has 0 saturated carbocycles. The highest BCUT2D eigenvalue weighted by Gasteiger charge is 2.29. The van der Waals surface area contributed by atoms with Gasteiger partial charge in [0.05, 0.1) is 5.92 Å². The lowest BCUT2D eigenvalue weighted by Gasteiger charge is -2.30. The van der Waals surface area contributed by atoms with Crippen molar-refractivity contribution in [2.24, 2.45) is 11.7 Å². The molecule has 2 N–H and O–H groups in total. The molecule has 1 aromatic carbocycles. The van der Waals surface area contributed by atoms with Crippen LogP contribution in [0.2, 0.25) is 0 Å². The van der Waals surface area contributed by atoms with Crippen molar-refractivity contribution in [3.8, 4) is 0 Å². The molecular weight excluding hydrogens is 341 g/mol. The molecule has 1 aromatic rings. The van der Waals surface area contributed by atoms with Crippen LogP contribution in [0.3, 0.4) is 0 Å². The van der Waals surface area contributed by atoms with E-state index in [-0.39, 0.29) is 28.5 Å². The lowest BCUT2D eigenvalue weighted by atomic mass is 9.97. The number of carbonyl (C=O) groups is 2. The van der Waals surface area contributed by atoms with E-state index in [1.807, 2.05) is 0 Å². The van der Waals surface area contributed by atoms with E-state index in [9.17, 15) is 22.8 Å². The predicted octanol–water partition coefficient (Wildman–Crippen LogP) is 3.04. The Balaban J connectivity index is 1.95. The van der Waals surface area contributed by atoms with Gasteiger partial charge in [-0.25, -0.2) is 0 Å². The minimum Gasteiger partial charge on any atom is -0.369 e. The first-order valence-electron chi connectivity index (χ1n) is 7.37. The fourth-order valence-corrected chi connectivity index (χ4v) is 3.00. The summed E-state index contributed by atoms with van der Waals surface area (Å²) >= 11 is -0.184. The van der Waals surface area contributed by atoms with Crippen molar-refractivity contribution in [3.05, 3.63) is 35.9 Å². The number of rotatable bonds is 4. The van der Waals surface area contributed by atoms with E-state index >= 15 is 0 Å². The number of thioether (sulfide) groups is 1. The molecule has 130 valence electrons. The van der Waals surface area contributed by atoms with Crippen LogP contribution in [0.4, 0.5) is 13.2 Å². The van der Waals surface area contributed by atoms with Gasteiger partial charge in [0.1, 0.15) is 0 Å². The molecule has 4 nitrogen and oxygen atoms in total. The number of hydrogen-bond acceptors (Lipinski definition) is 3. The molecular formula is C16H17F3N2O2S. The van der Waals surface area contributed by atoms with E-state index in [0.717, 1.165) is 6.42 Å². The van der Waals surface area contributed by atoms with Crippen LogP contribution in [0.25, 0.3) is 6.08 Å². The topological polar surface area (TPSA) is 63.4 Å². The lowest BCUT2D eigenvalue weighted by molar-refractivity contribution is -0.130.